The van der Waals surface area contributed by atoms with Gasteiger partial charge in [-0.05, 0) is 43.3 Å². The number of carbonyl (C=O) groups is 2. The minimum atomic E-state index is -1.12. The van der Waals surface area contributed by atoms with E-state index >= 15 is 0 Å². The topological polar surface area (TPSA) is 84.9 Å². The van der Waals surface area contributed by atoms with E-state index in [4.69, 9.17) is 37.8 Å². The zero-order valence-corrected chi connectivity index (χ0v) is 14.9. The van der Waals surface area contributed by atoms with Gasteiger partial charge in [0, 0.05) is 5.02 Å². The molecule has 0 bridgehead atoms. The highest BCUT2D eigenvalue weighted by Gasteiger charge is 2.19. The van der Waals surface area contributed by atoms with Crippen LogP contribution in [0.2, 0.25) is 10.0 Å². The summed E-state index contributed by atoms with van der Waals surface area (Å²) in [4.78, 5) is 23.4. The van der Waals surface area contributed by atoms with Gasteiger partial charge in [-0.1, -0.05) is 23.2 Å². The second-order valence-electron chi connectivity index (χ2n) is 5.04. The molecule has 1 amide bonds. The first-order valence-electron chi connectivity index (χ1n) is 7.15. The molecule has 2 rings (SSSR count). The van der Waals surface area contributed by atoms with Gasteiger partial charge >= 0.3 is 5.97 Å². The highest BCUT2D eigenvalue weighted by atomic mass is 35.5. The normalized spacial score (nSPS) is 11.5. The van der Waals surface area contributed by atoms with Gasteiger partial charge in [0.25, 0.3) is 5.91 Å². The van der Waals surface area contributed by atoms with Gasteiger partial charge in [-0.3, -0.25) is 4.79 Å². The van der Waals surface area contributed by atoms with E-state index < -0.39 is 18.0 Å². The number of carboxylic acid groups (broad SMARTS) is 1. The van der Waals surface area contributed by atoms with Crippen LogP contribution in [0.5, 0.6) is 11.5 Å². The number of rotatable bonds is 6. The molecule has 0 saturated carbocycles. The number of amides is 1. The molecule has 8 heteroatoms. The van der Waals surface area contributed by atoms with E-state index in [-0.39, 0.29) is 16.3 Å². The number of hydrogen-bond acceptors (Lipinski definition) is 4. The number of carbonyl (C=O) groups excluding carboxylic acids is 1. The molecule has 2 N–H and O–H groups in total. The standard InChI is InChI=1S/C17H15Cl2NO5/c1-9(25-14-6-4-11(18)8-12(14)19)16(21)20-13-7-10(17(22)23)3-5-15(13)24-2/h3-9H,1-2H3,(H,20,21)(H,22,23)/t9-/m0/s1. The Morgan fingerprint density at radius 3 is 2.40 bits per heavy atom. The van der Waals surface area contributed by atoms with Crippen molar-refractivity contribution in [3.05, 3.63) is 52.0 Å². The third-order valence-electron chi connectivity index (χ3n) is 3.27. The molecule has 0 aliphatic carbocycles. The lowest BCUT2D eigenvalue weighted by atomic mass is 10.2. The summed E-state index contributed by atoms with van der Waals surface area (Å²) >= 11 is 11.8. The van der Waals surface area contributed by atoms with Crippen LogP contribution < -0.4 is 14.8 Å². The number of anilines is 1. The Bertz CT molecular complexity index is 810. The fraction of sp³-hybridized carbons (Fsp3) is 0.176. The first kappa shape index (κ1) is 18.9. The Hall–Kier alpha value is -2.44. The number of methoxy groups -OCH3 is 1. The molecular weight excluding hydrogens is 369 g/mol. The zero-order chi connectivity index (χ0) is 18.6. The second-order valence-corrected chi connectivity index (χ2v) is 5.89. The smallest absolute Gasteiger partial charge is 0.335 e. The van der Waals surface area contributed by atoms with Gasteiger partial charge in [-0.25, -0.2) is 4.79 Å². The van der Waals surface area contributed by atoms with Crippen molar-refractivity contribution in [3.63, 3.8) is 0 Å². The number of aromatic carboxylic acids is 1. The van der Waals surface area contributed by atoms with Crippen molar-refractivity contribution < 1.29 is 24.2 Å². The van der Waals surface area contributed by atoms with Crippen LogP contribution in [0.4, 0.5) is 5.69 Å². The van der Waals surface area contributed by atoms with Crippen LogP contribution in [0, 0.1) is 0 Å². The SMILES string of the molecule is COc1ccc(C(=O)O)cc1NC(=O)[C@H](C)Oc1ccc(Cl)cc1Cl. The summed E-state index contributed by atoms with van der Waals surface area (Å²) in [6, 6.07) is 8.79. The highest BCUT2D eigenvalue weighted by molar-refractivity contribution is 6.35. The first-order chi connectivity index (χ1) is 11.8. The molecular formula is C17H15Cl2NO5. The number of halogens is 2. The van der Waals surface area contributed by atoms with Crippen molar-refractivity contribution in [1.82, 2.24) is 0 Å². The molecule has 0 aliphatic heterocycles. The van der Waals surface area contributed by atoms with Crippen LogP contribution in [-0.4, -0.2) is 30.2 Å². The average molecular weight is 384 g/mol. The van der Waals surface area contributed by atoms with Crippen molar-refractivity contribution in [2.45, 2.75) is 13.0 Å². The van der Waals surface area contributed by atoms with Gasteiger partial charge in [0.1, 0.15) is 11.5 Å². The minimum Gasteiger partial charge on any atom is -0.495 e. The first-order valence-corrected chi connectivity index (χ1v) is 7.91. The van der Waals surface area contributed by atoms with Gasteiger partial charge in [-0.15, -0.1) is 0 Å². The van der Waals surface area contributed by atoms with Gasteiger partial charge in [0.05, 0.1) is 23.4 Å². The number of nitrogens with one attached hydrogen (secondary N) is 1. The molecule has 0 fully saturated rings. The molecule has 132 valence electrons. The van der Waals surface area contributed by atoms with Crippen molar-refractivity contribution in [3.8, 4) is 11.5 Å². The Morgan fingerprint density at radius 1 is 1.12 bits per heavy atom. The monoisotopic (exact) mass is 383 g/mol. The van der Waals surface area contributed by atoms with Crippen molar-refractivity contribution in [1.29, 1.82) is 0 Å². The second kappa shape index (κ2) is 8.09. The van der Waals surface area contributed by atoms with Crippen LogP contribution in [0.3, 0.4) is 0 Å². The Labute approximate surface area is 154 Å². The van der Waals surface area contributed by atoms with Crippen LogP contribution in [0.15, 0.2) is 36.4 Å². The van der Waals surface area contributed by atoms with E-state index in [9.17, 15) is 9.59 Å². The molecule has 0 aromatic heterocycles. The molecule has 25 heavy (non-hydrogen) atoms. The Balaban J connectivity index is 2.15. The molecule has 0 heterocycles. The summed E-state index contributed by atoms with van der Waals surface area (Å²) in [5.41, 5.74) is 0.246. The lowest BCUT2D eigenvalue weighted by molar-refractivity contribution is -0.122. The Morgan fingerprint density at radius 2 is 1.80 bits per heavy atom. The number of benzene rings is 2. The quantitative estimate of drug-likeness (QED) is 0.783. The van der Waals surface area contributed by atoms with Crippen LogP contribution >= 0.6 is 23.2 Å². The van der Waals surface area contributed by atoms with E-state index in [0.717, 1.165) is 0 Å². The fourth-order valence-corrected chi connectivity index (χ4v) is 2.44. The summed E-state index contributed by atoms with van der Waals surface area (Å²) in [7, 11) is 1.42. The molecule has 0 radical (unpaired) electrons. The molecule has 2 aromatic carbocycles. The van der Waals surface area contributed by atoms with Gasteiger partial charge in [0.15, 0.2) is 6.10 Å². The predicted octanol–water partition coefficient (Wildman–Crippen LogP) is 4.11. The van der Waals surface area contributed by atoms with E-state index in [0.29, 0.717) is 16.5 Å². The van der Waals surface area contributed by atoms with Crippen molar-refractivity contribution >= 4 is 40.8 Å². The van der Waals surface area contributed by atoms with E-state index in [1.165, 1.54) is 38.3 Å². The summed E-state index contributed by atoms with van der Waals surface area (Å²) < 4.78 is 10.7. The minimum absolute atomic E-state index is 0.0189. The van der Waals surface area contributed by atoms with Gasteiger partial charge in [0.2, 0.25) is 0 Å². The summed E-state index contributed by atoms with van der Waals surface area (Å²) in [6.45, 7) is 1.54. The van der Waals surface area contributed by atoms with E-state index in [2.05, 4.69) is 5.32 Å². The van der Waals surface area contributed by atoms with Crippen LogP contribution in [-0.2, 0) is 4.79 Å². The molecule has 6 nitrogen and oxygen atoms in total. The Kier molecular flexibility index (Phi) is 6.12. The molecule has 0 unspecified atom stereocenters. The molecule has 1 atom stereocenters. The van der Waals surface area contributed by atoms with Crippen LogP contribution in [0.1, 0.15) is 17.3 Å². The molecule has 0 aliphatic rings. The van der Waals surface area contributed by atoms with Crippen molar-refractivity contribution in [2.75, 3.05) is 12.4 Å². The zero-order valence-electron chi connectivity index (χ0n) is 13.4. The molecule has 0 spiro atoms. The maximum Gasteiger partial charge on any atom is 0.335 e. The number of hydrogen-bond donors (Lipinski definition) is 2. The summed E-state index contributed by atoms with van der Waals surface area (Å²) in [5.74, 6) is -0.975. The van der Waals surface area contributed by atoms with Gasteiger partial charge < -0.3 is 19.9 Å². The summed E-state index contributed by atoms with van der Waals surface area (Å²) in [6.07, 6.45) is -0.892. The van der Waals surface area contributed by atoms with E-state index in [1.54, 1.807) is 12.1 Å². The molecule has 2 aromatic rings. The fourth-order valence-electron chi connectivity index (χ4n) is 1.99. The highest BCUT2D eigenvalue weighted by Crippen LogP contribution is 2.29. The van der Waals surface area contributed by atoms with Crippen molar-refractivity contribution in [2.24, 2.45) is 0 Å². The number of carboxylic acids is 1. The predicted molar refractivity (Wildman–Crippen MR) is 95.1 cm³/mol. The van der Waals surface area contributed by atoms with E-state index in [1.807, 2.05) is 0 Å². The number of ether oxygens (including phenoxy) is 2. The van der Waals surface area contributed by atoms with Crippen LogP contribution in [0.25, 0.3) is 0 Å². The lowest BCUT2D eigenvalue weighted by Crippen LogP contribution is -2.30. The third kappa shape index (κ3) is 4.78. The summed E-state index contributed by atoms with van der Waals surface area (Å²) in [5, 5.41) is 12.4. The largest absolute Gasteiger partial charge is 0.495 e. The lowest BCUT2D eigenvalue weighted by Gasteiger charge is -2.17. The average Bonchev–Trinajstić information content (AvgIpc) is 2.57. The molecule has 0 saturated heterocycles. The maximum atomic E-state index is 12.3. The maximum absolute atomic E-state index is 12.3. The third-order valence-corrected chi connectivity index (χ3v) is 3.80. The van der Waals surface area contributed by atoms with Gasteiger partial charge in [-0.2, -0.15) is 0 Å².